The van der Waals surface area contributed by atoms with E-state index in [0.717, 1.165) is 6.07 Å². The molecule has 0 aliphatic carbocycles. The molecule has 64 valence electrons. The lowest BCUT2D eigenvalue weighted by Crippen LogP contribution is -1.92. The molecule has 0 unspecified atom stereocenters. The molecule has 12 heavy (non-hydrogen) atoms. The van der Waals surface area contributed by atoms with Crippen molar-refractivity contribution in [2.75, 3.05) is 0 Å². The van der Waals surface area contributed by atoms with Crippen molar-refractivity contribution < 1.29 is 10.0 Å². The van der Waals surface area contributed by atoms with E-state index >= 15 is 0 Å². The molecule has 5 nitrogen and oxygen atoms in total. The van der Waals surface area contributed by atoms with Crippen LogP contribution in [0.2, 0.25) is 0 Å². The summed E-state index contributed by atoms with van der Waals surface area (Å²) in [4.78, 5) is 13.1. The molecule has 0 spiro atoms. The van der Waals surface area contributed by atoms with Crippen LogP contribution >= 0.6 is 31.9 Å². The van der Waals surface area contributed by atoms with Gasteiger partial charge < -0.3 is 15.2 Å². The number of rotatable bonds is 1. The highest BCUT2D eigenvalue weighted by atomic mass is 79.9. The summed E-state index contributed by atoms with van der Waals surface area (Å²) in [5.74, 6) is -0.479. The van der Waals surface area contributed by atoms with E-state index in [1.165, 1.54) is 0 Å². The smallest absolute Gasteiger partial charge is 0.366 e. The van der Waals surface area contributed by atoms with Crippen LogP contribution in [0.4, 0.5) is 5.82 Å². The molecule has 7 heteroatoms. The predicted molar refractivity (Wildman–Crippen MR) is 48.0 cm³/mol. The number of aromatic hydroxyl groups is 1. The molecule has 1 rings (SSSR count). The highest BCUT2D eigenvalue weighted by Gasteiger charge is 2.16. The van der Waals surface area contributed by atoms with Crippen molar-refractivity contribution in [3.05, 3.63) is 25.3 Å². The van der Waals surface area contributed by atoms with Gasteiger partial charge >= 0.3 is 5.82 Å². The Morgan fingerprint density at radius 1 is 1.58 bits per heavy atom. The third-order valence-corrected chi connectivity index (χ3v) is 2.23. The zero-order chi connectivity index (χ0) is 9.30. The van der Waals surface area contributed by atoms with Crippen LogP contribution < -0.4 is 0 Å². The monoisotopic (exact) mass is 296 g/mol. The molecule has 1 heterocycles. The first-order valence-electron chi connectivity index (χ1n) is 2.71. The molecule has 0 fully saturated rings. The fourth-order valence-electron chi connectivity index (χ4n) is 0.560. The Morgan fingerprint density at radius 3 is 2.58 bits per heavy atom. The summed E-state index contributed by atoms with van der Waals surface area (Å²) < 4.78 is 0.277. The molecule has 0 amide bonds. The average molecular weight is 298 g/mol. The molecule has 0 atom stereocenters. The molecule has 1 aromatic rings. The van der Waals surface area contributed by atoms with Crippen LogP contribution in [0.1, 0.15) is 0 Å². The SMILES string of the molecule is O=[N+]([O-])c1cc(Br)c(O)c(Br)n1. The zero-order valence-electron chi connectivity index (χ0n) is 5.49. The van der Waals surface area contributed by atoms with E-state index in [-0.39, 0.29) is 20.6 Å². The third kappa shape index (κ3) is 1.72. The van der Waals surface area contributed by atoms with Crippen LogP contribution in [-0.2, 0) is 0 Å². The average Bonchev–Trinajstić information content (AvgIpc) is 1.99. The largest absolute Gasteiger partial charge is 0.503 e. The predicted octanol–water partition coefficient (Wildman–Crippen LogP) is 2.22. The molecular formula is C5H2Br2N2O3. The Kier molecular flexibility index (Phi) is 2.63. The second kappa shape index (κ2) is 3.36. The van der Waals surface area contributed by atoms with Crippen molar-refractivity contribution >= 4 is 37.7 Å². The van der Waals surface area contributed by atoms with Crippen molar-refractivity contribution in [3.63, 3.8) is 0 Å². The number of hydrogen-bond donors (Lipinski definition) is 1. The highest BCUT2D eigenvalue weighted by Crippen LogP contribution is 2.32. The lowest BCUT2D eigenvalue weighted by atomic mass is 10.4. The Morgan fingerprint density at radius 2 is 2.17 bits per heavy atom. The highest BCUT2D eigenvalue weighted by molar-refractivity contribution is 9.11. The van der Waals surface area contributed by atoms with Crippen LogP contribution in [0.5, 0.6) is 5.75 Å². The van der Waals surface area contributed by atoms with Gasteiger partial charge in [-0.15, -0.1) is 0 Å². The van der Waals surface area contributed by atoms with E-state index in [0.29, 0.717) is 0 Å². The quantitative estimate of drug-likeness (QED) is 0.490. The summed E-state index contributed by atoms with van der Waals surface area (Å²) in [5.41, 5.74) is 0. The number of aromatic nitrogens is 1. The molecule has 1 aromatic heterocycles. The van der Waals surface area contributed by atoms with Crippen molar-refractivity contribution in [1.29, 1.82) is 0 Å². The van der Waals surface area contributed by atoms with Crippen LogP contribution in [0.25, 0.3) is 0 Å². The second-order valence-corrected chi connectivity index (χ2v) is 3.46. The minimum absolute atomic E-state index is 0.0450. The van der Waals surface area contributed by atoms with E-state index in [4.69, 9.17) is 5.11 Å². The first kappa shape index (κ1) is 9.40. The van der Waals surface area contributed by atoms with Crippen LogP contribution in [0, 0.1) is 10.1 Å². The molecule has 0 aliphatic rings. The van der Waals surface area contributed by atoms with Gasteiger partial charge in [-0.05, 0) is 25.8 Å². The maximum absolute atomic E-state index is 10.2. The van der Waals surface area contributed by atoms with Gasteiger partial charge in [0, 0.05) is 15.9 Å². The summed E-state index contributed by atoms with van der Waals surface area (Å²) in [7, 11) is 0. The first-order chi connectivity index (χ1) is 5.52. The molecule has 0 aromatic carbocycles. The van der Waals surface area contributed by atoms with Gasteiger partial charge in [0.2, 0.25) is 0 Å². The van der Waals surface area contributed by atoms with Crippen molar-refractivity contribution in [2.45, 2.75) is 0 Å². The van der Waals surface area contributed by atoms with Crippen LogP contribution in [-0.4, -0.2) is 15.0 Å². The molecular weight excluding hydrogens is 296 g/mol. The van der Waals surface area contributed by atoms with Crippen molar-refractivity contribution in [3.8, 4) is 5.75 Å². The molecule has 0 bridgehead atoms. The Balaban J connectivity index is 3.31. The normalized spacial score (nSPS) is 9.83. The van der Waals surface area contributed by atoms with Gasteiger partial charge in [-0.3, -0.25) is 0 Å². The van der Waals surface area contributed by atoms with Crippen molar-refractivity contribution in [1.82, 2.24) is 4.98 Å². The van der Waals surface area contributed by atoms with Gasteiger partial charge in [-0.2, -0.15) is 0 Å². The number of pyridine rings is 1. The Hall–Kier alpha value is -0.690. The van der Waals surface area contributed by atoms with Gasteiger partial charge in [0.25, 0.3) is 4.60 Å². The molecule has 1 N–H and O–H groups in total. The van der Waals surface area contributed by atoms with Gasteiger partial charge in [-0.1, -0.05) is 0 Å². The molecule has 0 saturated heterocycles. The Bertz CT molecular complexity index is 318. The lowest BCUT2D eigenvalue weighted by Gasteiger charge is -1.96. The summed E-state index contributed by atoms with van der Waals surface area (Å²) >= 11 is 5.81. The maximum atomic E-state index is 10.2. The number of nitrogens with zero attached hydrogens (tertiary/aromatic N) is 2. The molecule has 0 radical (unpaired) electrons. The standard InChI is InChI=1S/C5H2Br2N2O3/c6-2-1-3(9(11)12)8-5(7)4(2)10/h1,10H. The van der Waals surface area contributed by atoms with E-state index in [1.54, 1.807) is 0 Å². The second-order valence-electron chi connectivity index (χ2n) is 1.86. The Labute approximate surface area is 83.8 Å². The van der Waals surface area contributed by atoms with E-state index < -0.39 is 4.92 Å². The molecule has 0 saturated carbocycles. The summed E-state index contributed by atoms with van der Waals surface area (Å²) in [5, 5.41) is 19.4. The van der Waals surface area contributed by atoms with Gasteiger partial charge in [0.05, 0.1) is 10.5 Å². The number of nitro groups is 1. The fourth-order valence-corrected chi connectivity index (χ4v) is 1.61. The van der Waals surface area contributed by atoms with Crippen molar-refractivity contribution in [2.24, 2.45) is 0 Å². The fraction of sp³-hybridized carbons (Fsp3) is 0. The van der Waals surface area contributed by atoms with Crippen LogP contribution in [0.15, 0.2) is 15.1 Å². The summed E-state index contributed by atoms with van der Waals surface area (Å²) in [6.45, 7) is 0. The molecule has 0 aliphatic heterocycles. The van der Waals surface area contributed by atoms with E-state index in [9.17, 15) is 10.1 Å². The maximum Gasteiger partial charge on any atom is 0.366 e. The van der Waals surface area contributed by atoms with Gasteiger partial charge in [0.1, 0.15) is 0 Å². The summed E-state index contributed by atoms with van der Waals surface area (Å²) in [6.07, 6.45) is 0. The first-order valence-corrected chi connectivity index (χ1v) is 4.30. The van der Waals surface area contributed by atoms with E-state index in [2.05, 4.69) is 36.8 Å². The number of hydrogen-bond acceptors (Lipinski definition) is 4. The summed E-state index contributed by atoms with van der Waals surface area (Å²) in [6, 6.07) is 1.13. The minimum atomic E-state index is -0.644. The zero-order valence-corrected chi connectivity index (χ0v) is 8.66. The van der Waals surface area contributed by atoms with Gasteiger partial charge in [-0.25, -0.2) is 0 Å². The van der Waals surface area contributed by atoms with Gasteiger partial charge in [0.15, 0.2) is 5.75 Å². The third-order valence-electron chi connectivity index (χ3n) is 1.08. The minimum Gasteiger partial charge on any atom is -0.503 e. The number of halogens is 2. The topological polar surface area (TPSA) is 76.3 Å². The van der Waals surface area contributed by atoms with Crippen LogP contribution in [0.3, 0.4) is 0 Å². The lowest BCUT2D eigenvalue weighted by molar-refractivity contribution is -0.389. The van der Waals surface area contributed by atoms with E-state index in [1.807, 2.05) is 0 Å².